The summed E-state index contributed by atoms with van der Waals surface area (Å²) in [5.41, 5.74) is -0.354. The highest BCUT2D eigenvalue weighted by Crippen LogP contribution is 2.26. The van der Waals surface area contributed by atoms with E-state index in [4.69, 9.17) is 4.74 Å². The fourth-order valence-corrected chi connectivity index (χ4v) is 1.42. The standard InChI is InChI=1S/C11H10FN3O3/c1-2-14-7-11(6-13-14)18-10-4-8(12)3-9(5-10)15(16)17/h3-7H,2H2,1H3. The molecule has 1 heterocycles. The third kappa shape index (κ3) is 2.62. The van der Waals surface area contributed by atoms with Crippen LogP contribution >= 0.6 is 0 Å². The number of nitro benzene ring substituents is 1. The minimum atomic E-state index is -0.720. The van der Waals surface area contributed by atoms with E-state index in [1.807, 2.05) is 6.92 Å². The molecule has 18 heavy (non-hydrogen) atoms. The zero-order chi connectivity index (χ0) is 13.1. The normalized spacial score (nSPS) is 10.3. The van der Waals surface area contributed by atoms with Gasteiger partial charge in [-0.25, -0.2) is 4.39 Å². The lowest BCUT2D eigenvalue weighted by Crippen LogP contribution is -1.92. The molecule has 1 aromatic carbocycles. The first-order chi connectivity index (χ1) is 8.58. The van der Waals surface area contributed by atoms with Crippen molar-refractivity contribution in [3.8, 4) is 11.5 Å². The Hall–Kier alpha value is -2.44. The highest BCUT2D eigenvalue weighted by Gasteiger charge is 2.11. The summed E-state index contributed by atoms with van der Waals surface area (Å²) in [5, 5.41) is 14.5. The van der Waals surface area contributed by atoms with Gasteiger partial charge in [0, 0.05) is 12.6 Å². The van der Waals surface area contributed by atoms with Crippen molar-refractivity contribution >= 4 is 5.69 Å². The van der Waals surface area contributed by atoms with Crippen molar-refractivity contribution in [2.24, 2.45) is 0 Å². The van der Waals surface area contributed by atoms with Crippen LogP contribution in [-0.4, -0.2) is 14.7 Å². The fourth-order valence-electron chi connectivity index (χ4n) is 1.42. The number of aryl methyl sites for hydroxylation is 1. The van der Waals surface area contributed by atoms with Gasteiger partial charge in [-0.3, -0.25) is 14.8 Å². The van der Waals surface area contributed by atoms with Crippen molar-refractivity contribution in [3.63, 3.8) is 0 Å². The van der Waals surface area contributed by atoms with Gasteiger partial charge in [0.1, 0.15) is 11.6 Å². The van der Waals surface area contributed by atoms with Crippen LogP contribution in [0.15, 0.2) is 30.6 Å². The lowest BCUT2D eigenvalue weighted by atomic mass is 10.3. The molecule has 0 unspecified atom stereocenters. The second kappa shape index (κ2) is 4.82. The van der Waals surface area contributed by atoms with Crippen molar-refractivity contribution in [1.29, 1.82) is 0 Å². The van der Waals surface area contributed by atoms with Crippen LogP contribution in [0.4, 0.5) is 10.1 Å². The molecule has 0 aliphatic carbocycles. The second-order valence-corrected chi connectivity index (χ2v) is 3.54. The van der Waals surface area contributed by atoms with E-state index in [0.717, 1.165) is 18.2 Å². The summed E-state index contributed by atoms with van der Waals surface area (Å²) in [6.45, 7) is 2.58. The third-order valence-corrected chi connectivity index (χ3v) is 2.24. The number of nitrogens with zero attached hydrogens (tertiary/aromatic N) is 3. The number of hydrogen-bond donors (Lipinski definition) is 0. The molecule has 0 bridgehead atoms. The van der Waals surface area contributed by atoms with Crippen molar-refractivity contribution < 1.29 is 14.1 Å². The van der Waals surface area contributed by atoms with Crippen LogP contribution in [0.1, 0.15) is 6.92 Å². The predicted molar refractivity (Wildman–Crippen MR) is 61.0 cm³/mol. The topological polar surface area (TPSA) is 70.2 Å². The molecule has 0 saturated carbocycles. The number of non-ortho nitro benzene ring substituents is 1. The zero-order valence-corrected chi connectivity index (χ0v) is 9.54. The molecule has 6 nitrogen and oxygen atoms in total. The fraction of sp³-hybridized carbons (Fsp3) is 0.182. The van der Waals surface area contributed by atoms with Gasteiger partial charge in [0.15, 0.2) is 5.75 Å². The lowest BCUT2D eigenvalue weighted by molar-refractivity contribution is -0.385. The highest BCUT2D eigenvalue weighted by atomic mass is 19.1. The SMILES string of the molecule is CCn1cc(Oc2cc(F)cc([N+](=O)[O-])c2)cn1. The molecular weight excluding hydrogens is 241 g/mol. The summed E-state index contributed by atoms with van der Waals surface area (Å²) < 4.78 is 20.1. The van der Waals surface area contributed by atoms with Gasteiger partial charge in [0.05, 0.1) is 29.4 Å². The quantitative estimate of drug-likeness (QED) is 0.618. The Morgan fingerprint density at radius 3 is 2.83 bits per heavy atom. The molecule has 1 aromatic heterocycles. The molecule has 0 aliphatic heterocycles. The predicted octanol–water partition coefficient (Wildman–Crippen LogP) is 2.74. The summed E-state index contributed by atoms with van der Waals surface area (Å²) in [5.74, 6) is -0.254. The molecule has 0 saturated heterocycles. The molecule has 0 amide bonds. The summed E-state index contributed by atoms with van der Waals surface area (Å²) in [7, 11) is 0. The Bertz CT molecular complexity index is 583. The number of benzene rings is 1. The van der Waals surface area contributed by atoms with Gasteiger partial charge in [-0.15, -0.1) is 0 Å². The van der Waals surface area contributed by atoms with Gasteiger partial charge in [-0.2, -0.15) is 5.10 Å². The molecular formula is C11H10FN3O3. The number of ether oxygens (including phenoxy) is 1. The average molecular weight is 251 g/mol. The van der Waals surface area contributed by atoms with E-state index < -0.39 is 10.7 Å². The van der Waals surface area contributed by atoms with Gasteiger partial charge in [0.25, 0.3) is 5.69 Å². The number of nitro groups is 1. The van der Waals surface area contributed by atoms with Crippen LogP contribution in [0.25, 0.3) is 0 Å². The van der Waals surface area contributed by atoms with Gasteiger partial charge in [0.2, 0.25) is 0 Å². The molecule has 2 rings (SSSR count). The van der Waals surface area contributed by atoms with Crippen LogP contribution in [0.5, 0.6) is 11.5 Å². The van der Waals surface area contributed by atoms with Crippen LogP contribution in [0, 0.1) is 15.9 Å². The Balaban J connectivity index is 2.25. The molecule has 0 atom stereocenters. The lowest BCUT2D eigenvalue weighted by Gasteiger charge is -2.02. The van der Waals surface area contributed by atoms with E-state index in [2.05, 4.69) is 5.10 Å². The first-order valence-electron chi connectivity index (χ1n) is 5.24. The van der Waals surface area contributed by atoms with Crippen molar-refractivity contribution in [2.45, 2.75) is 13.5 Å². The van der Waals surface area contributed by atoms with E-state index in [1.54, 1.807) is 10.9 Å². The van der Waals surface area contributed by atoms with E-state index in [1.165, 1.54) is 6.20 Å². The third-order valence-electron chi connectivity index (χ3n) is 2.24. The smallest absolute Gasteiger partial charge is 0.276 e. The Morgan fingerprint density at radius 1 is 1.44 bits per heavy atom. The molecule has 0 spiro atoms. The summed E-state index contributed by atoms with van der Waals surface area (Å²) in [4.78, 5) is 9.90. The number of aromatic nitrogens is 2. The highest BCUT2D eigenvalue weighted by molar-refractivity contribution is 5.40. The minimum Gasteiger partial charge on any atom is -0.454 e. The summed E-state index contributed by atoms with van der Waals surface area (Å²) >= 11 is 0. The largest absolute Gasteiger partial charge is 0.454 e. The first-order valence-corrected chi connectivity index (χ1v) is 5.24. The number of halogens is 1. The summed E-state index contributed by atoms with van der Waals surface area (Å²) in [6, 6.07) is 3.07. The monoisotopic (exact) mass is 251 g/mol. The molecule has 0 fully saturated rings. The van der Waals surface area contributed by atoms with E-state index in [9.17, 15) is 14.5 Å². The molecule has 0 N–H and O–H groups in total. The van der Waals surface area contributed by atoms with Gasteiger partial charge in [-0.1, -0.05) is 0 Å². The van der Waals surface area contributed by atoms with E-state index >= 15 is 0 Å². The second-order valence-electron chi connectivity index (χ2n) is 3.54. The minimum absolute atomic E-state index is 0.0670. The maximum Gasteiger partial charge on any atom is 0.276 e. The molecule has 7 heteroatoms. The van der Waals surface area contributed by atoms with Crippen LogP contribution in [-0.2, 0) is 6.54 Å². The number of hydrogen-bond acceptors (Lipinski definition) is 4. The maximum absolute atomic E-state index is 13.2. The molecule has 0 radical (unpaired) electrons. The van der Waals surface area contributed by atoms with Gasteiger partial charge in [-0.05, 0) is 6.92 Å². The van der Waals surface area contributed by atoms with Gasteiger partial charge < -0.3 is 4.74 Å². The first kappa shape index (κ1) is 12.0. The number of rotatable bonds is 4. The molecule has 2 aromatic rings. The van der Waals surface area contributed by atoms with Crippen LogP contribution < -0.4 is 4.74 Å². The van der Waals surface area contributed by atoms with Crippen molar-refractivity contribution in [3.05, 3.63) is 46.5 Å². The van der Waals surface area contributed by atoms with Gasteiger partial charge >= 0.3 is 0 Å². The molecule has 0 aliphatic rings. The van der Waals surface area contributed by atoms with E-state index in [0.29, 0.717) is 12.3 Å². The van der Waals surface area contributed by atoms with E-state index in [-0.39, 0.29) is 11.4 Å². The Labute approximate surface area is 102 Å². The maximum atomic E-state index is 13.2. The van der Waals surface area contributed by atoms with Crippen LogP contribution in [0.2, 0.25) is 0 Å². The van der Waals surface area contributed by atoms with Crippen molar-refractivity contribution in [2.75, 3.05) is 0 Å². The zero-order valence-electron chi connectivity index (χ0n) is 9.54. The average Bonchev–Trinajstić information content (AvgIpc) is 2.76. The summed E-state index contributed by atoms with van der Waals surface area (Å²) in [6.07, 6.45) is 3.08. The Morgan fingerprint density at radius 2 is 2.22 bits per heavy atom. The van der Waals surface area contributed by atoms with Crippen LogP contribution in [0.3, 0.4) is 0 Å². The Kier molecular flexibility index (Phi) is 3.22. The molecule has 94 valence electrons. The van der Waals surface area contributed by atoms with Crippen molar-refractivity contribution in [1.82, 2.24) is 9.78 Å².